The molecule has 0 fully saturated rings. The topological polar surface area (TPSA) is 53.1 Å². The molecule has 1 aromatic heterocycles. The zero-order valence-corrected chi connectivity index (χ0v) is 10.2. The first-order valence-electron chi connectivity index (χ1n) is 5.71. The molecule has 0 unspecified atom stereocenters. The SMILES string of the molecule is CCOc1ccccc1-c1nn(C)cc1CN. The summed E-state index contributed by atoms with van der Waals surface area (Å²) in [5, 5.41) is 4.45. The molecule has 0 atom stereocenters. The molecule has 4 heteroatoms. The highest BCUT2D eigenvalue weighted by molar-refractivity contribution is 5.69. The van der Waals surface area contributed by atoms with Gasteiger partial charge in [0.05, 0.1) is 6.61 Å². The molecule has 1 aromatic carbocycles. The summed E-state index contributed by atoms with van der Waals surface area (Å²) in [6, 6.07) is 7.90. The minimum Gasteiger partial charge on any atom is -0.493 e. The number of aromatic nitrogens is 2. The Labute approximate surface area is 101 Å². The van der Waals surface area contributed by atoms with Gasteiger partial charge in [-0.2, -0.15) is 5.10 Å². The van der Waals surface area contributed by atoms with Crippen LogP contribution in [-0.2, 0) is 13.6 Å². The van der Waals surface area contributed by atoms with E-state index in [4.69, 9.17) is 10.5 Å². The van der Waals surface area contributed by atoms with E-state index in [0.717, 1.165) is 22.6 Å². The molecule has 17 heavy (non-hydrogen) atoms. The van der Waals surface area contributed by atoms with Crippen LogP contribution < -0.4 is 10.5 Å². The predicted octanol–water partition coefficient (Wildman–Crippen LogP) is 1.94. The van der Waals surface area contributed by atoms with Crippen molar-refractivity contribution in [2.45, 2.75) is 13.5 Å². The van der Waals surface area contributed by atoms with Crippen molar-refractivity contribution in [3.8, 4) is 17.0 Å². The monoisotopic (exact) mass is 231 g/mol. The van der Waals surface area contributed by atoms with Gasteiger partial charge >= 0.3 is 0 Å². The summed E-state index contributed by atoms with van der Waals surface area (Å²) in [6.45, 7) is 3.09. The maximum atomic E-state index is 5.73. The highest BCUT2D eigenvalue weighted by Crippen LogP contribution is 2.30. The third-order valence-corrected chi connectivity index (χ3v) is 2.57. The zero-order valence-electron chi connectivity index (χ0n) is 10.2. The fourth-order valence-electron chi connectivity index (χ4n) is 1.86. The Kier molecular flexibility index (Phi) is 3.44. The summed E-state index contributed by atoms with van der Waals surface area (Å²) >= 11 is 0. The van der Waals surface area contributed by atoms with Gasteiger partial charge in [0.25, 0.3) is 0 Å². The number of ether oxygens (including phenoxy) is 1. The van der Waals surface area contributed by atoms with E-state index < -0.39 is 0 Å². The summed E-state index contributed by atoms with van der Waals surface area (Å²) in [6.07, 6.45) is 1.94. The van der Waals surface area contributed by atoms with Gasteiger partial charge in [-0.05, 0) is 19.1 Å². The van der Waals surface area contributed by atoms with Crippen LogP contribution in [0.4, 0.5) is 0 Å². The molecule has 2 N–H and O–H groups in total. The maximum absolute atomic E-state index is 5.73. The molecule has 0 aliphatic carbocycles. The van der Waals surface area contributed by atoms with E-state index >= 15 is 0 Å². The molecule has 0 saturated carbocycles. The van der Waals surface area contributed by atoms with Crippen LogP contribution in [0.15, 0.2) is 30.5 Å². The van der Waals surface area contributed by atoms with Gasteiger partial charge in [-0.3, -0.25) is 4.68 Å². The number of hydrogen-bond acceptors (Lipinski definition) is 3. The van der Waals surface area contributed by atoms with Gasteiger partial charge < -0.3 is 10.5 Å². The van der Waals surface area contributed by atoms with E-state index in [9.17, 15) is 0 Å². The Bertz CT molecular complexity index is 505. The third kappa shape index (κ3) is 2.31. The van der Waals surface area contributed by atoms with Crippen molar-refractivity contribution >= 4 is 0 Å². The van der Waals surface area contributed by atoms with Crippen molar-refractivity contribution in [2.24, 2.45) is 12.8 Å². The van der Waals surface area contributed by atoms with Gasteiger partial charge in [-0.25, -0.2) is 0 Å². The first kappa shape index (κ1) is 11.7. The first-order chi connectivity index (χ1) is 8.26. The molecule has 0 radical (unpaired) electrons. The lowest BCUT2D eigenvalue weighted by molar-refractivity contribution is 0.341. The van der Waals surface area contributed by atoms with E-state index in [0.29, 0.717) is 13.2 Å². The van der Waals surface area contributed by atoms with E-state index in [-0.39, 0.29) is 0 Å². The number of nitrogens with zero attached hydrogens (tertiary/aromatic N) is 2. The molecule has 90 valence electrons. The zero-order chi connectivity index (χ0) is 12.3. The average Bonchev–Trinajstić information content (AvgIpc) is 2.71. The lowest BCUT2D eigenvalue weighted by atomic mass is 10.1. The smallest absolute Gasteiger partial charge is 0.128 e. The molecule has 0 spiro atoms. The van der Waals surface area contributed by atoms with Crippen LogP contribution in [-0.4, -0.2) is 16.4 Å². The normalized spacial score (nSPS) is 10.5. The maximum Gasteiger partial charge on any atom is 0.128 e. The second-order valence-corrected chi connectivity index (χ2v) is 3.81. The van der Waals surface area contributed by atoms with Crippen LogP contribution in [0.1, 0.15) is 12.5 Å². The summed E-state index contributed by atoms with van der Waals surface area (Å²) < 4.78 is 7.39. The standard InChI is InChI=1S/C13H17N3O/c1-3-17-12-7-5-4-6-11(12)13-10(8-14)9-16(2)15-13/h4-7,9H,3,8,14H2,1-2H3. The molecular formula is C13H17N3O. The second kappa shape index (κ2) is 5.01. The van der Waals surface area contributed by atoms with Crippen molar-refractivity contribution in [3.05, 3.63) is 36.0 Å². The summed E-state index contributed by atoms with van der Waals surface area (Å²) in [7, 11) is 1.89. The van der Waals surface area contributed by atoms with Gasteiger partial charge in [0.2, 0.25) is 0 Å². The van der Waals surface area contributed by atoms with Gasteiger partial charge in [-0.1, -0.05) is 12.1 Å². The number of rotatable bonds is 4. The Morgan fingerprint density at radius 3 is 2.82 bits per heavy atom. The molecule has 0 bridgehead atoms. The van der Waals surface area contributed by atoms with Crippen molar-refractivity contribution in [1.29, 1.82) is 0 Å². The van der Waals surface area contributed by atoms with Crippen LogP contribution in [0.5, 0.6) is 5.75 Å². The number of hydrogen-bond donors (Lipinski definition) is 1. The predicted molar refractivity (Wildman–Crippen MR) is 67.7 cm³/mol. The van der Waals surface area contributed by atoms with Crippen LogP contribution in [0.2, 0.25) is 0 Å². The molecule has 0 aliphatic rings. The van der Waals surface area contributed by atoms with Crippen LogP contribution >= 0.6 is 0 Å². The Hall–Kier alpha value is -1.81. The largest absolute Gasteiger partial charge is 0.493 e. The first-order valence-corrected chi connectivity index (χ1v) is 5.71. The van der Waals surface area contributed by atoms with Crippen molar-refractivity contribution in [2.75, 3.05) is 6.61 Å². The molecule has 0 aliphatic heterocycles. The van der Waals surface area contributed by atoms with Crippen molar-refractivity contribution in [1.82, 2.24) is 9.78 Å². The molecule has 4 nitrogen and oxygen atoms in total. The molecule has 0 amide bonds. The molecule has 0 saturated heterocycles. The van der Waals surface area contributed by atoms with E-state index in [1.54, 1.807) is 4.68 Å². The molecule has 2 aromatic rings. The number of para-hydroxylation sites is 1. The fourth-order valence-corrected chi connectivity index (χ4v) is 1.86. The van der Waals surface area contributed by atoms with Gasteiger partial charge in [-0.15, -0.1) is 0 Å². The lowest BCUT2D eigenvalue weighted by Crippen LogP contribution is -1.99. The van der Waals surface area contributed by atoms with E-state index in [1.807, 2.05) is 44.4 Å². The average molecular weight is 231 g/mol. The van der Waals surface area contributed by atoms with E-state index in [1.165, 1.54) is 0 Å². The third-order valence-electron chi connectivity index (χ3n) is 2.57. The number of benzene rings is 1. The van der Waals surface area contributed by atoms with Gasteiger partial charge in [0.1, 0.15) is 11.4 Å². The highest BCUT2D eigenvalue weighted by Gasteiger charge is 2.13. The fraction of sp³-hybridized carbons (Fsp3) is 0.308. The molecule has 1 heterocycles. The van der Waals surface area contributed by atoms with Crippen LogP contribution in [0.25, 0.3) is 11.3 Å². The summed E-state index contributed by atoms with van der Waals surface area (Å²) in [5.74, 6) is 0.850. The quantitative estimate of drug-likeness (QED) is 0.875. The Morgan fingerprint density at radius 1 is 1.35 bits per heavy atom. The number of aryl methyl sites for hydroxylation is 1. The van der Waals surface area contributed by atoms with Crippen LogP contribution in [0.3, 0.4) is 0 Å². The Balaban J connectivity index is 2.51. The lowest BCUT2D eigenvalue weighted by Gasteiger charge is -2.08. The summed E-state index contributed by atoms with van der Waals surface area (Å²) in [4.78, 5) is 0. The summed E-state index contributed by atoms with van der Waals surface area (Å²) in [5.41, 5.74) is 8.66. The van der Waals surface area contributed by atoms with Gasteiger partial charge in [0, 0.05) is 30.9 Å². The second-order valence-electron chi connectivity index (χ2n) is 3.81. The molecule has 2 rings (SSSR count). The van der Waals surface area contributed by atoms with Crippen molar-refractivity contribution < 1.29 is 4.74 Å². The number of nitrogens with two attached hydrogens (primary N) is 1. The minimum atomic E-state index is 0.476. The molecular weight excluding hydrogens is 214 g/mol. The van der Waals surface area contributed by atoms with E-state index in [2.05, 4.69) is 5.10 Å². The van der Waals surface area contributed by atoms with Crippen molar-refractivity contribution in [3.63, 3.8) is 0 Å². The van der Waals surface area contributed by atoms with Gasteiger partial charge in [0.15, 0.2) is 0 Å². The van der Waals surface area contributed by atoms with Crippen LogP contribution in [0, 0.1) is 0 Å². The highest BCUT2D eigenvalue weighted by atomic mass is 16.5. The minimum absolute atomic E-state index is 0.476. The Morgan fingerprint density at radius 2 is 2.12 bits per heavy atom.